The number of nitrogens with zero attached hydrogens (tertiary/aromatic N) is 1. The fourth-order valence-corrected chi connectivity index (χ4v) is 4.36. The highest BCUT2D eigenvalue weighted by Crippen LogP contribution is 2.38. The number of carbonyl (C=O) groups is 2. The Labute approximate surface area is 175 Å². The second-order valence-corrected chi connectivity index (χ2v) is 7.97. The molecule has 1 saturated heterocycles. The molecule has 1 aliphatic heterocycles. The molecule has 4 nitrogen and oxygen atoms in total. The van der Waals surface area contributed by atoms with E-state index in [4.69, 9.17) is 0 Å². The van der Waals surface area contributed by atoms with E-state index in [0.29, 0.717) is 0 Å². The van der Waals surface area contributed by atoms with Gasteiger partial charge in [0.1, 0.15) is 0 Å². The number of halogens is 1. The largest absolute Gasteiger partial charge is 0.481 e. The lowest BCUT2D eigenvalue weighted by atomic mass is 9.72. The summed E-state index contributed by atoms with van der Waals surface area (Å²) in [6, 6.07) is 18.8. The van der Waals surface area contributed by atoms with Crippen LogP contribution in [0.4, 0.5) is 4.39 Å². The van der Waals surface area contributed by atoms with Gasteiger partial charge < -0.3 is 10.0 Å². The van der Waals surface area contributed by atoms with Crippen LogP contribution in [0.15, 0.2) is 85.0 Å². The van der Waals surface area contributed by atoms with Crippen molar-refractivity contribution in [2.45, 2.75) is 29.8 Å². The maximum atomic E-state index is 15.4. The smallest absolute Gasteiger partial charge is 0.314 e. The Balaban J connectivity index is 1.47. The van der Waals surface area contributed by atoms with Gasteiger partial charge in [0.25, 0.3) is 5.91 Å². The molecule has 5 heteroatoms. The fourth-order valence-electron chi connectivity index (χ4n) is 4.36. The molecule has 0 unspecified atom stereocenters. The number of hydrogen-bond acceptors (Lipinski definition) is 2. The molecule has 1 heterocycles. The van der Waals surface area contributed by atoms with E-state index in [2.05, 4.69) is 0 Å². The molecule has 1 aliphatic carbocycles. The monoisotopic (exact) mass is 405 g/mol. The number of aliphatic carboxylic acids is 1. The number of piperidine rings is 1. The minimum absolute atomic E-state index is 0.0676. The second-order valence-electron chi connectivity index (χ2n) is 7.97. The van der Waals surface area contributed by atoms with Gasteiger partial charge in [0, 0.05) is 19.0 Å². The molecule has 1 fully saturated rings. The van der Waals surface area contributed by atoms with Crippen LogP contribution in [0.25, 0.3) is 0 Å². The van der Waals surface area contributed by atoms with Crippen LogP contribution in [-0.4, -0.2) is 40.6 Å². The lowest BCUT2D eigenvalue weighted by molar-refractivity contribution is -0.150. The third-order valence-electron chi connectivity index (χ3n) is 6.24. The fraction of sp³-hybridized carbons (Fsp3) is 0.280. The zero-order valence-corrected chi connectivity index (χ0v) is 16.6. The van der Waals surface area contributed by atoms with Gasteiger partial charge in [-0.3, -0.25) is 9.59 Å². The highest BCUT2D eigenvalue weighted by atomic mass is 19.1. The lowest BCUT2D eigenvalue weighted by Crippen LogP contribution is -2.53. The third kappa shape index (κ3) is 3.56. The average Bonchev–Trinajstić information content (AvgIpc) is 2.80. The Morgan fingerprint density at radius 1 is 0.900 bits per heavy atom. The maximum Gasteiger partial charge on any atom is 0.314 e. The Morgan fingerprint density at radius 2 is 1.43 bits per heavy atom. The van der Waals surface area contributed by atoms with E-state index >= 15 is 4.39 Å². The molecule has 30 heavy (non-hydrogen) atoms. The lowest BCUT2D eigenvalue weighted by Gasteiger charge is -2.40. The summed E-state index contributed by atoms with van der Waals surface area (Å²) < 4.78 is 15.4. The molecular weight excluding hydrogens is 381 g/mol. The van der Waals surface area contributed by atoms with Gasteiger partial charge in [0.05, 0.1) is 5.41 Å². The number of carbonyl (C=O) groups excluding carboxylic acids is 1. The van der Waals surface area contributed by atoms with Crippen molar-refractivity contribution in [3.63, 3.8) is 0 Å². The number of benzene rings is 2. The zero-order chi connectivity index (χ0) is 21.2. The van der Waals surface area contributed by atoms with Gasteiger partial charge in [-0.1, -0.05) is 72.8 Å². The summed E-state index contributed by atoms with van der Waals surface area (Å²) in [4.78, 5) is 26.5. The van der Waals surface area contributed by atoms with Crippen molar-refractivity contribution in [2.75, 3.05) is 13.1 Å². The van der Waals surface area contributed by atoms with Crippen molar-refractivity contribution in [1.29, 1.82) is 0 Å². The SMILES string of the molecule is O=C(N1CCC(C(=O)O)(c2ccccc2)CC1)C1(F)C=CC(c2ccccc2)C=C1. The van der Waals surface area contributed by atoms with Gasteiger partial charge in [0.2, 0.25) is 5.67 Å². The normalized spacial score (nSPS) is 25.1. The predicted molar refractivity (Wildman–Crippen MR) is 113 cm³/mol. The summed E-state index contributed by atoms with van der Waals surface area (Å²) in [7, 11) is 0. The van der Waals surface area contributed by atoms with E-state index in [9.17, 15) is 14.7 Å². The number of allylic oxidation sites excluding steroid dienone is 2. The molecule has 154 valence electrons. The van der Waals surface area contributed by atoms with Crippen LogP contribution in [0, 0.1) is 0 Å². The number of carboxylic acids is 1. The van der Waals surface area contributed by atoms with Crippen molar-refractivity contribution in [3.8, 4) is 0 Å². The Kier molecular flexibility index (Phi) is 5.29. The molecule has 0 saturated carbocycles. The number of hydrogen-bond donors (Lipinski definition) is 1. The summed E-state index contributed by atoms with van der Waals surface area (Å²) in [5, 5.41) is 9.90. The van der Waals surface area contributed by atoms with Crippen molar-refractivity contribution in [3.05, 3.63) is 96.1 Å². The van der Waals surface area contributed by atoms with Crippen LogP contribution in [-0.2, 0) is 15.0 Å². The van der Waals surface area contributed by atoms with E-state index in [1.54, 1.807) is 24.3 Å². The van der Waals surface area contributed by atoms with Gasteiger partial charge in [-0.25, -0.2) is 4.39 Å². The predicted octanol–water partition coefficient (Wildman–Crippen LogP) is 4.25. The van der Waals surface area contributed by atoms with Crippen molar-refractivity contribution < 1.29 is 19.1 Å². The number of carboxylic acid groups (broad SMARTS) is 1. The van der Waals surface area contributed by atoms with Crippen LogP contribution in [0.2, 0.25) is 0 Å². The first-order valence-corrected chi connectivity index (χ1v) is 10.2. The average molecular weight is 405 g/mol. The van der Waals surface area contributed by atoms with Crippen LogP contribution in [0.5, 0.6) is 0 Å². The maximum absolute atomic E-state index is 15.4. The van der Waals surface area contributed by atoms with E-state index in [0.717, 1.165) is 11.1 Å². The van der Waals surface area contributed by atoms with E-state index in [-0.39, 0.29) is 31.8 Å². The van der Waals surface area contributed by atoms with Crippen LogP contribution >= 0.6 is 0 Å². The van der Waals surface area contributed by atoms with Gasteiger partial charge in [-0.15, -0.1) is 0 Å². The molecule has 0 radical (unpaired) electrons. The molecular formula is C25H24FNO3. The van der Waals surface area contributed by atoms with E-state index < -0.39 is 23.0 Å². The minimum Gasteiger partial charge on any atom is -0.481 e. The summed E-state index contributed by atoms with van der Waals surface area (Å²) >= 11 is 0. The number of alkyl halides is 1. The first kappa shape index (κ1) is 20.1. The highest BCUT2D eigenvalue weighted by molar-refractivity contribution is 5.90. The summed E-state index contributed by atoms with van der Waals surface area (Å²) in [5.74, 6) is -1.60. The van der Waals surface area contributed by atoms with E-state index in [1.807, 2.05) is 48.5 Å². The molecule has 2 aromatic carbocycles. The molecule has 4 rings (SSSR count). The second kappa shape index (κ2) is 7.90. The summed E-state index contributed by atoms with van der Waals surface area (Å²) in [6.45, 7) is 0.408. The Bertz CT molecular complexity index is 962. The first-order valence-electron chi connectivity index (χ1n) is 10.2. The van der Waals surface area contributed by atoms with Crippen molar-refractivity contribution >= 4 is 11.9 Å². The molecule has 1 N–H and O–H groups in total. The van der Waals surface area contributed by atoms with Gasteiger partial charge in [0.15, 0.2) is 0 Å². The van der Waals surface area contributed by atoms with Gasteiger partial charge in [-0.2, -0.15) is 0 Å². The van der Waals surface area contributed by atoms with E-state index in [1.165, 1.54) is 17.1 Å². The highest BCUT2D eigenvalue weighted by Gasteiger charge is 2.47. The molecule has 2 aromatic rings. The molecule has 0 spiro atoms. The molecule has 0 aromatic heterocycles. The minimum atomic E-state index is -2.19. The first-order chi connectivity index (χ1) is 14.4. The van der Waals surface area contributed by atoms with Gasteiger partial charge in [-0.05, 0) is 36.1 Å². The molecule has 2 aliphatic rings. The number of rotatable bonds is 4. The third-order valence-corrected chi connectivity index (χ3v) is 6.24. The Hall–Kier alpha value is -3.21. The molecule has 0 atom stereocenters. The van der Waals surface area contributed by atoms with Crippen LogP contribution in [0.3, 0.4) is 0 Å². The van der Waals surface area contributed by atoms with Crippen molar-refractivity contribution in [1.82, 2.24) is 4.90 Å². The standard InChI is InChI=1S/C25H24FNO3/c26-25(13-11-20(12-14-25)19-7-3-1-4-8-19)22(28)27-17-15-24(16-18-27,23(29)30)21-9-5-2-6-10-21/h1-14,20H,15-18H2,(H,29,30). The summed E-state index contributed by atoms with van der Waals surface area (Å²) in [6.07, 6.45) is 6.58. The molecule has 0 bridgehead atoms. The topological polar surface area (TPSA) is 57.6 Å². The van der Waals surface area contributed by atoms with Crippen molar-refractivity contribution in [2.24, 2.45) is 0 Å². The molecule has 1 amide bonds. The van der Waals surface area contributed by atoms with Crippen LogP contribution in [0.1, 0.15) is 29.9 Å². The quantitative estimate of drug-likeness (QED) is 0.774. The number of likely N-dealkylation sites (tertiary alicyclic amines) is 1. The summed E-state index contributed by atoms with van der Waals surface area (Å²) in [5.41, 5.74) is -1.48. The Morgan fingerprint density at radius 3 is 1.97 bits per heavy atom. The van der Waals surface area contributed by atoms with Gasteiger partial charge >= 0.3 is 5.97 Å². The number of amides is 1. The van der Waals surface area contributed by atoms with Crippen LogP contribution < -0.4 is 0 Å². The zero-order valence-electron chi connectivity index (χ0n) is 16.6.